The maximum Gasteiger partial charge on any atom is 0.256 e. The van der Waals surface area contributed by atoms with Gasteiger partial charge >= 0.3 is 0 Å². The molecule has 1 aromatic heterocycles. The number of anilines is 1. The molecule has 1 aliphatic rings. The van der Waals surface area contributed by atoms with Gasteiger partial charge in [-0.05, 0) is 30.9 Å². The third kappa shape index (κ3) is 5.07. The minimum absolute atomic E-state index is 0.0231. The number of likely N-dealkylation sites (tertiary alicyclic amines) is 1. The van der Waals surface area contributed by atoms with Crippen molar-refractivity contribution in [2.75, 3.05) is 32.5 Å². The first-order valence-corrected chi connectivity index (χ1v) is 9.77. The first-order valence-electron chi connectivity index (χ1n) is 9.77. The molecule has 1 saturated heterocycles. The van der Waals surface area contributed by atoms with Crippen molar-refractivity contribution in [2.45, 2.75) is 31.7 Å². The SMILES string of the molecule is CNc1ncc(C(=O)N2CCCC(N(C)C(=O)Cc3ccccc3F)CC2)cn1. The first kappa shape index (κ1) is 20.7. The highest BCUT2D eigenvalue weighted by Crippen LogP contribution is 2.19. The molecule has 1 N–H and O–H groups in total. The predicted octanol–water partition coefficient (Wildman–Crippen LogP) is 2.35. The van der Waals surface area contributed by atoms with Crippen LogP contribution >= 0.6 is 0 Å². The lowest BCUT2D eigenvalue weighted by Gasteiger charge is -2.27. The number of amides is 2. The molecule has 8 heteroatoms. The lowest BCUT2D eigenvalue weighted by molar-refractivity contribution is -0.131. The van der Waals surface area contributed by atoms with Crippen LogP contribution in [0.4, 0.5) is 10.3 Å². The Morgan fingerprint density at radius 1 is 1.21 bits per heavy atom. The number of hydrogen-bond acceptors (Lipinski definition) is 5. The van der Waals surface area contributed by atoms with Crippen LogP contribution in [0.5, 0.6) is 0 Å². The van der Waals surface area contributed by atoms with Crippen molar-refractivity contribution in [3.63, 3.8) is 0 Å². The molecule has 1 unspecified atom stereocenters. The zero-order valence-electron chi connectivity index (χ0n) is 16.8. The fourth-order valence-electron chi connectivity index (χ4n) is 3.55. The maximum atomic E-state index is 13.8. The van der Waals surface area contributed by atoms with Gasteiger partial charge in [0.25, 0.3) is 5.91 Å². The second-order valence-electron chi connectivity index (χ2n) is 7.20. The van der Waals surface area contributed by atoms with E-state index in [1.165, 1.54) is 18.5 Å². The number of carbonyl (C=O) groups is 2. The van der Waals surface area contributed by atoms with Crippen molar-refractivity contribution in [3.05, 3.63) is 53.6 Å². The molecule has 1 atom stereocenters. The van der Waals surface area contributed by atoms with Crippen LogP contribution < -0.4 is 5.32 Å². The Kier molecular flexibility index (Phi) is 6.74. The summed E-state index contributed by atoms with van der Waals surface area (Å²) in [6.07, 6.45) is 5.36. The number of aromatic nitrogens is 2. The van der Waals surface area contributed by atoms with E-state index in [0.29, 0.717) is 36.6 Å². The molecule has 0 radical (unpaired) electrons. The minimum atomic E-state index is -0.363. The third-order valence-electron chi connectivity index (χ3n) is 5.35. The first-order chi connectivity index (χ1) is 14.0. The topological polar surface area (TPSA) is 78.4 Å². The van der Waals surface area contributed by atoms with Gasteiger partial charge in [0.15, 0.2) is 0 Å². The molecular formula is C21H26FN5O2. The summed E-state index contributed by atoms with van der Waals surface area (Å²) < 4.78 is 13.8. The number of halogens is 1. The molecule has 2 aromatic rings. The molecule has 0 bridgehead atoms. The Morgan fingerprint density at radius 3 is 2.62 bits per heavy atom. The van der Waals surface area contributed by atoms with Crippen LogP contribution in [0.2, 0.25) is 0 Å². The number of hydrogen-bond donors (Lipinski definition) is 1. The highest BCUT2D eigenvalue weighted by atomic mass is 19.1. The van der Waals surface area contributed by atoms with E-state index in [2.05, 4.69) is 15.3 Å². The van der Waals surface area contributed by atoms with Crippen molar-refractivity contribution in [3.8, 4) is 0 Å². The lowest BCUT2D eigenvalue weighted by atomic mass is 10.1. The minimum Gasteiger partial charge on any atom is -0.357 e. The summed E-state index contributed by atoms with van der Waals surface area (Å²) in [6, 6.07) is 6.37. The zero-order chi connectivity index (χ0) is 20.8. The van der Waals surface area contributed by atoms with Gasteiger partial charge in [0.1, 0.15) is 5.82 Å². The molecule has 29 heavy (non-hydrogen) atoms. The molecule has 0 spiro atoms. The number of likely N-dealkylation sites (N-methyl/N-ethyl adjacent to an activating group) is 1. The Bertz CT molecular complexity index is 858. The fourth-order valence-corrected chi connectivity index (χ4v) is 3.55. The number of benzene rings is 1. The number of nitrogens with one attached hydrogen (secondary N) is 1. The summed E-state index contributed by atoms with van der Waals surface area (Å²) >= 11 is 0. The van der Waals surface area contributed by atoms with Crippen molar-refractivity contribution in [2.24, 2.45) is 0 Å². The van der Waals surface area contributed by atoms with Crippen LogP contribution in [0.15, 0.2) is 36.7 Å². The van der Waals surface area contributed by atoms with Crippen LogP contribution in [-0.2, 0) is 11.2 Å². The molecule has 1 fully saturated rings. The van der Waals surface area contributed by atoms with Crippen LogP contribution in [0, 0.1) is 5.82 Å². The van der Waals surface area contributed by atoms with E-state index < -0.39 is 0 Å². The van der Waals surface area contributed by atoms with E-state index >= 15 is 0 Å². The molecular weight excluding hydrogens is 373 g/mol. The largest absolute Gasteiger partial charge is 0.357 e. The van der Waals surface area contributed by atoms with Gasteiger partial charge in [0, 0.05) is 45.6 Å². The average Bonchev–Trinajstić information content (AvgIpc) is 3.00. The normalized spacial score (nSPS) is 16.8. The monoisotopic (exact) mass is 399 g/mol. The summed E-state index contributed by atoms with van der Waals surface area (Å²) in [4.78, 5) is 37.1. The highest BCUT2D eigenvalue weighted by Gasteiger charge is 2.26. The Hall–Kier alpha value is -3.03. The van der Waals surface area contributed by atoms with Gasteiger partial charge in [-0.1, -0.05) is 18.2 Å². The van der Waals surface area contributed by atoms with Crippen molar-refractivity contribution < 1.29 is 14.0 Å². The molecule has 1 aromatic carbocycles. The maximum absolute atomic E-state index is 13.8. The van der Waals surface area contributed by atoms with E-state index in [1.54, 1.807) is 42.1 Å². The van der Waals surface area contributed by atoms with Gasteiger partial charge in [-0.2, -0.15) is 0 Å². The summed E-state index contributed by atoms with van der Waals surface area (Å²) in [6.45, 7) is 1.17. The average molecular weight is 399 g/mol. The van der Waals surface area contributed by atoms with E-state index in [-0.39, 0.29) is 30.1 Å². The number of nitrogens with zero attached hydrogens (tertiary/aromatic N) is 4. The zero-order valence-corrected chi connectivity index (χ0v) is 16.8. The summed E-state index contributed by atoms with van der Waals surface area (Å²) in [7, 11) is 3.48. The van der Waals surface area contributed by atoms with Crippen LogP contribution in [0.1, 0.15) is 35.2 Å². The fraction of sp³-hybridized carbons (Fsp3) is 0.429. The molecule has 154 valence electrons. The summed E-state index contributed by atoms with van der Waals surface area (Å²) in [5.41, 5.74) is 0.853. The summed E-state index contributed by atoms with van der Waals surface area (Å²) in [5, 5.41) is 2.82. The second-order valence-corrected chi connectivity index (χ2v) is 7.20. The molecule has 7 nitrogen and oxygen atoms in total. The smallest absolute Gasteiger partial charge is 0.256 e. The molecule has 2 heterocycles. The van der Waals surface area contributed by atoms with Gasteiger partial charge < -0.3 is 15.1 Å². The van der Waals surface area contributed by atoms with Crippen LogP contribution in [0.3, 0.4) is 0 Å². The summed E-state index contributed by atoms with van der Waals surface area (Å²) in [5.74, 6) is -0.115. The highest BCUT2D eigenvalue weighted by molar-refractivity contribution is 5.93. The molecule has 0 aliphatic carbocycles. The molecule has 2 amide bonds. The van der Waals surface area contributed by atoms with E-state index in [0.717, 1.165) is 12.8 Å². The van der Waals surface area contributed by atoms with Gasteiger partial charge in [-0.25, -0.2) is 14.4 Å². The quantitative estimate of drug-likeness (QED) is 0.835. The van der Waals surface area contributed by atoms with Gasteiger partial charge in [-0.15, -0.1) is 0 Å². The van der Waals surface area contributed by atoms with Crippen molar-refractivity contribution >= 4 is 17.8 Å². The Morgan fingerprint density at radius 2 is 1.93 bits per heavy atom. The number of carbonyl (C=O) groups excluding carboxylic acids is 2. The Balaban J connectivity index is 1.59. The Labute approximate surface area is 169 Å². The standard InChI is InChI=1S/C21H26FN5O2/c1-23-21-24-13-16(14-25-21)20(29)27-10-5-7-17(9-11-27)26(2)19(28)12-15-6-3-4-8-18(15)22/h3-4,6,8,13-14,17H,5,7,9-12H2,1-2H3,(H,23,24,25). The van der Waals surface area contributed by atoms with Gasteiger partial charge in [0.2, 0.25) is 11.9 Å². The molecule has 3 rings (SSSR count). The second kappa shape index (κ2) is 9.45. The predicted molar refractivity (Wildman–Crippen MR) is 108 cm³/mol. The van der Waals surface area contributed by atoms with Crippen LogP contribution in [0.25, 0.3) is 0 Å². The molecule has 0 saturated carbocycles. The van der Waals surface area contributed by atoms with Crippen molar-refractivity contribution in [1.82, 2.24) is 19.8 Å². The molecule has 1 aliphatic heterocycles. The van der Waals surface area contributed by atoms with Gasteiger partial charge in [0.05, 0.1) is 12.0 Å². The van der Waals surface area contributed by atoms with E-state index in [9.17, 15) is 14.0 Å². The van der Waals surface area contributed by atoms with Gasteiger partial charge in [-0.3, -0.25) is 9.59 Å². The van der Waals surface area contributed by atoms with Crippen molar-refractivity contribution in [1.29, 1.82) is 0 Å². The lowest BCUT2D eigenvalue weighted by Crippen LogP contribution is -2.39. The van der Waals surface area contributed by atoms with Crippen LogP contribution in [-0.4, -0.2) is 64.8 Å². The number of rotatable bonds is 5. The van der Waals surface area contributed by atoms with E-state index in [4.69, 9.17) is 0 Å². The third-order valence-corrected chi connectivity index (χ3v) is 5.35. The van der Waals surface area contributed by atoms with E-state index in [1.807, 2.05) is 0 Å².